The summed E-state index contributed by atoms with van der Waals surface area (Å²) < 4.78 is 17.0. The van der Waals surface area contributed by atoms with E-state index in [4.69, 9.17) is 14.2 Å². The molecule has 0 radical (unpaired) electrons. The monoisotopic (exact) mass is 1060 g/mol. The minimum atomic E-state index is -0.765. The van der Waals surface area contributed by atoms with Gasteiger partial charge in [0.2, 0.25) is 0 Å². The molecule has 0 aliphatic heterocycles. The summed E-state index contributed by atoms with van der Waals surface area (Å²) in [5.74, 6) is 1.82. The Balaban J connectivity index is 4.29. The van der Waals surface area contributed by atoms with E-state index in [0.717, 1.165) is 75.5 Å². The fourth-order valence-electron chi connectivity index (χ4n) is 10.7. The Kier molecular flexibility index (Phi) is 58.8. The molecule has 6 heteroatoms. The fraction of sp³-hybridized carbons (Fsp3) is 0.957. The smallest absolute Gasteiger partial charge is 0.306 e. The molecule has 0 saturated heterocycles. The number of esters is 3. The average Bonchev–Trinajstić information content (AvgIpc) is 3.40. The first-order valence-corrected chi connectivity index (χ1v) is 34.2. The van der Waals surface area contributed by atoms with E-state index >= 15 is 0 Å². The van der Waals surface area contributed by atoms with E-state index in [-0.39, 0.29) is 31.1 Å². The molecule has 6 nitrogen and oxygen atoms in total. The molecule has 0 aromatic rings. The van der Waals surface area contributed by atoms with Crippen molar-refractivity contribution < 1.29 is 28.6 Å². The first-order chi connectivity index (χ1) is 36.7. The van der Waals surface area contributed by atoms with Gasteiger partial charge in [-0.05, 0) is 37.0 Å². The third-order valence-electron chi connectivity index (χ3n) is 16.6. The van der Waals surface area contributed by atoms with Crippen LogP contribution in [0.5, 0.6) is 0 Å². The Morgan fingerprint density at radius 2 is 0.467 bits per heavy atom. The molecule has 0 fully saturated rings. The van der Waals surface area contributed by atoms with Gasteiger partial charge in [0, 0.05) is 19.3 Å². The summed E-state index contributed by atoms with van der Waals surface area (Å²) in [6.07, 6.45) is 66.7. The van der Waals surface area contributed by atoms with Gasteiger partial charge in [-0.1, -0.05) is 350 Å². The van der Waals surface area contributed by atoms with Crippen LogP contribution in [0.4, 0.5) is 0 Å². The van der Waals surface area contributed by atoms with Gasteiger partial charge in [0.05, 0.1) is 0 Å². The minimum absolute atomic E-state index is 0.0621. The number of rotatable bonds is 62. The Morgan fingerprint density at radius 1 is 0.267 bits per heavy atom. The summed E-state index contributed by atoms with van der Waals surface area (Å²) >= 11 is 0. The molecule has 446 valence electrons. The molecule has 0 aromatic carbocycles. The lowest BCUT2D eigenvalue weighted by molar-refractivity contribution is -0.167. The molecule has 0 aliphatic rings. The van der Waals surface area contributed by atoms with Crippen LogP contribution in [0.1, 0.15) is 388 Å². The molecule has 0 heterocycles. The molecule has 75 heavy (non-hydrogen) atoms. The molecular formula is C69H134O6. The summed E-state index contributed by atoms with van der Waals surface area (Å²) in [5, 5.41) is 0. The van der Waals surface area contributed by atoms with Crippen LogP contribution >= 0.6 is 0 Å². The van der Waals surface area contributed by atoms with Gasteiger partial charge in [-0.15, -0.1) is 0 Å². The molecule has 0 saturated carbocycles. The van der Waals surface area contributed by atoms with Gasteiger partial charge in [-0.3, -0.25) is 14.4 Å². The molecule has 0 N–H and O–H groups in total. The third kappa shape index (κ3) is 59.9. The van der Waals surface area contributed by atoms with Crippen molar-refractivity contribution in [3.63, 3.8) is 0 Å². The largest absolute Gasteiger partial charge is 0.462 e. The van der Waals surface area contributed by atoms with Gasteiger partial charge in [0.1, 0.15) is 13.2 Å². The van der Waals surface area contributed by atoms with Gasteiger partial charge in [0.15, 0.2) is 6.10 Å². The van der Waals surface area contributed by atoms with Crippen molar-refractivity contribution in [3.8, 4) is 0 Å². The van der Waals surface area contributed by atoms with Crippen LogP contribution in [0.15, 0.2) is 0 Å². The van der Waals surface area contributed by atoms with Crippen molar-refractivity contribution >= 4 is 17.9 Å². The van der Waals surface area contributed by atoms with Crippen molar-refractivity contribution in [3.05, 3.63) is 0 Å². The molecule has 3 atom stereocenters. The molecule has 0 rings (SSSR count). The Labute approximate surface area is 469 Å². The van der Waals surface area contributed by atoms with Crippen LogP contribution in [-0.2, 0) is 28.6 Å². The van der Waals surface area contributed by atoms with E-state index < -0.39 is 6.10 Å². The molecule has 0 aromatic heterocycles. The van der Waals surface area contributed by atoms with E-state index in [2.05, 4.69) is 41.5 Å². The van der Waals surface area contributed by atoms with Crippen LogP contribution in [0.2, 0.25) is 0 Å². The number of hydrogen-bond acceptors (Lipinski definition) is 6. The Hall–Kier alpha value is -1.59. The van der Waals surface area contributed by atoms with Gasteiger partial charge in [-0.25, -0.2) is 0 Å². The molecule has 0 bridgehead atoms. The number of ether oxygens (including phenoxy) is 3. The second-order valence-electron chi connectivity index (χ2n) is 24.8. The van der Waals surface area contributed by atoms with Crippen LogP contribution < -0.4 is 0 Å². The Morgan fingerprint density at radius 3 is 0.693 bits per heavy atom. The molecule has 2 unspecified atom stereocenters. The highest BCUT2D eigenvalue weighted by molar-refractivity contribution is 5.71. The number of hydrogen-bond donors (Lipinski definition) is 0. The molecular weight excluding hydrogens is 925 g/mol. The summed E-state index contributed by atoms with van der Waals surface area (Å²) in [5.41, 5.74) is 0. The van der Waals surface area contributed by atoms with Crippen molar-refractivity contribution in [2.24, 2.45) is 17.8 Å². The standard InChI is InChI=1S/C69H134O6/c1-7-64(5)56-50-44-38-32-26-20-15-17-23-29-35-41-47-53-59-68(71)74-62-66(75-69(72)60-54-48-42-36-30-24-18-16-21-27-33-39-45-51-57-65(6)8-2)61-73-67(70)58-52-46-40-34-28-22-14-12-10-9-11-13-19-25-31-37-43-49-55-63(3)4/h63-66H,7-62H2,1-6H3/t64?,65?,66-/m1/s1. The summed E-state index contributed by atoms with van der Waals surface area (Å²) in [6, 6.07) is 0. The van der Waals surface area contributed by atoms with E-state index in [1.165, 1.54) is 270 Å². The van der Waals surface area contributed by atoms with Crippen molar-refractivity contribution in [1.82, 2.24) is 0 Å². The van der Waals surface area contributed by atoms with Gasteiger partial charge in [0.25, 0.3) is 0 Å². The predicted molar refractivity (Wildman–Crippen MR) is 326 cm³/mol. The van der Waals surface area contributed by atoms with E-state index in [9.17, 15) is 14.4 Å². The summed E-state index contributed by atoms with van der Waals surface area (Å²) in [7, 11) is 0. The van der Waals surface area contributed by atoms with E-state index in [0.29, 0.717) is 19.3 Å². The van der Waals surface area contributed by atoms with E-state index in [1.807, 2.05) is 0 Å². The van der Waals surface area contributed by atoms with E-state index in [1.54, 1.807) is 0 Å². The zero-order valence-corrected chi connectivity index (χ0v) is 51.9. The molecule has 0 amide bonds. The topological polar surface area (TPSA) is 78.9 Å². The SMILES string of the molecule is CCC(C)CCCCCCCCCCCCCCCCC(=O)OC[C@@H](COC(=O)CCCCCCCCCCCCCCCCCCCCC(C)C)OC(=O)CCCCCCCCCCCCCCCCC(C)CC. The molecule has 0 aliphatic carbocycles. The normalized spacial score (nSPS) is 12.8. The van der Waals surface area contributed by atoms with Crippen molar-refractivity contribution in [2.45, 2.75) is 394 Å². The summed E-state index contributed by atoms with van der Waals surface area (Å²) in [4.78, 5) is 38.4. The van der Waals surface area contributed by atoms with Crippen LogP contribution in [0, 0.1) is 17.8 Å². The zero-order valence-electron chi connectivity index (χ0n) is 51.9. The first kappa shape index (κ1) is 73.4. The highest BCUT2D eigenvalue weighted by Crippen LogP contribution is 2.20. The lowest BCUT2D eigenvalue weighted by Gasteiger charge is -2.18. The number of carbonyl (C=O) groups excluding carboxylic acids is 3. The average molecular weight is 1060 g/mol. The maximum absolute atomic E-state index is 12.9. The lowest BCUT2D eigenvalue weighted by atomic mass is 9.99. The second kappa shape index (κ2) is 60.1. The minimum Gasteiger partial charge on any atom is -0.462 e. The maximum atomic E-state index is 12.9. The maximum Gasteiger partial charge on any atom is 0.306 e. The van der Waals surface area contributed by atoms with Gasteiger partial charge in [-0.2, -0.15) is 0 Å². The highest BCUT2D eigenvalue weighted by atomic mass is 16.6. The third-order valence-corrected chi connectivity index (χ3v) is 16.6. The van der Waals surface area contributed by atoms with Crippen molar-refractivity contribution in [1.29, 1.82) is 0 Å². The Bertz CT molecular complexity index is 1170. The predicted octanol–water partition coefficient (Wildman–Crippen LogP) is 23.0. The molecule has 0 spiro atoms. The fourth-order valence-corrected chi connectivity index (χ4v) is 10.7. The van der Waals surface area contributed by atoms with Crippen LogP contribution in [0.25, 0.3) is 0 Å². The second-order valence-corrected chi connectivity index (χ2v) is 24.8. The first-order valence-electron chi connectivity index (χ1n) is 34.2. The van der Waals surface area contributed by atoms with Gasteiger partial charge >= 0.3 is 17.9 Å². The van der Waals surface area contributed by atoms with Gasteiger partial charge < -0.3 is 14.2 Å². The zero-order chi connectivity index (χ0) is 54.8. The quantitative estimate of drug-likeness (QED) is 0.0343. The number of unbranched alkanes of at least 4 members (excludes halogenated alkanes) is 43. The van der Waals surface area contributed by atoms with Crippen LogP contribution in [-0.4, -0.2) is 37.2 Å². The number of carbonyl (C=O) groups is 3. The van der Waals surface area contributed by atoms with Crippen LogP contribution in [0.3, 0.4) is 0 Å². The lowest BCUT2D eigenvalue weighted by Crippen LogP contribution is -2.30. The van der Waals surface area contributed by atoms with Crippen molar-refractivity contribution in [2.75, 3.05) is 13.2 Å². The highest BCUT2D eigenvalue weighted by Gasteiger charge is 2.20. The summed E-state index contributed by atoms with van der Waals surface area (Å²) in [6.45, 7) is 13.9.